The van der Waals surface area contributed by atoms with Crippen molar-refractivity contribution >= 4 is 5.97 Å². The van der Waals surface area contributed by atoms with Gasteiger partial charge in [-0.1, -0.05) is 71.3 Å². The summed E-state index contributed by atoms with van der Waals surface area (Å²) in [5.41, 5.74) is 0.512. The Balaban J connectivity index is 3.27. The molecule has 0 spiro atoms. The monoisotopic (exact) mass is 284 g/mol. The second-order valence-electron chi connectivity index (χ2n) is 5.31. The average molecular weight is 284 g/mol. The first-order valence-corrected chi connectivity index (χ1v) is 8.23. The van der Waals surface area contributed by atoms with Gasteiger partial charge in [0.1, 0.15) is 0 Å². The molecule has 0 saturated carbocycles. The summed E-state index contributed by atoms with van der Waals surface area (Å²) in [6.45, 7) is 8.13. The molecule has 0 atom stereocenters. The lowest BCUT2D eigenvalue weighted by Gasteiger charge is -2.05. The maximum atomic E-state index is 11.3. The average Bonchev–Trinajstić information content (AvgIpc) is 2.46. The molecule has 3 nitrogen and oxygen atoms in total. The van der Waals surface area contributed by atoms with Crippen LogP contribution in [0.1, 0.15) is 84.5 Å². The van der Waals surface area contributed by atoms with Gasteiger partial charge in [-0.05, 0) is 19.8 Å². The molecule has 0 aliphatic carbocycles. The van der Waals surface area contributed by atoms with Crippen LogP contribution in [0.3, 0.4) is 0 Å². The van der Waals surface area contributed by atoms with Crippen molar-refractivity contribution in [2.24, 2.45) is 0 Å². The van der Waals surface area contributed by atoms with Crippen molar-refractivity contribution in [3.63, 3.8) is 0 Å². The molecular formula is C17H32O3. The Morgan fingerprint density at radius 3 is 1.85 bits per heavy atom. The molecule has 0 rings (SSSR count). The first kappa shape index (κ1) is 19.2. The number of carbonyl (C=O) groups is 1. The molecule has 0 fully saturated rings. The topological polar surface area (TPSA) is 35.5 Å². The van der Waals surface area contributed by atoms with Crippen molar-refractivity contribution in [1.29, 1.82) is 0 Å². The Labute approximate surface area is 124 Å². The highest BCUT2D eigenvalue weighted by atomic mass is 17.2. The summed E-state index contributed by atoms with van der Waals surface area (Å²) >= 11 is 0. The molecule has 0 heterocycles. The molecule has 0 bridgehead atoms. The quantitative estimate of drug-likeness (QED) is 0.187. The first-order valence-electron chi connectivity index (χ1n) is 8.23. The Morgan fingerprint density at radius 2 is 1.35 bits per heavy atom. The van der Waals surface area contributed by atoms with E-state index in [-0.39, 0.29) is 0 Å². The summed E-state index contributed by atoms with van der Waals surface area (Å²) in [6.07, 6.45) is 13.6. The van der Waals surface area contributed by atoms with Crippen LogP contribution in [-0.4, -0.2) is 12.6 Å². The fourth-order valence-electron chi connectivity index (χ4n) is 2.10. The van der Waals surface area contributed by atoms with Crippen molar-refractivity contribution in [1.82, 2.24) is 0 Å². The second kappa shape index (κ2) is 14.6. The first-order chi connectivity index (χ1) is 9.72. The third kappa shape index (κ3) is 12.2. The zero-order valence-electron chi connectivity index (χ0n) is 13.4. The van der Waals surface area contributed by atoms with Crippen molar-refractivity contribution < 1.29 is 14.6 Å². The highest BCUT2D eigenvalue weighted by molar-refractivity contribution is 5.87. The van der Waals surface area contributed by atoms with Gasteiger partial charge in [-0.15, -0.1) is 0 Å². The molecule has 0 aromatic rings. The van der Waals surface area contributed by atoms with Crippen LogP contribution in [0, 0.1) is 0 Å². The van der Waals surface area contributed by atoms with Crippen molar-refractivity contribution in [2.45, 2.75) is 84.5 Å². The molecule has 3 heteroatoms. The van der Waals surface area contributed by atoms with E-state index in [1.807, 2.05) is 0 Å². The smallest absolute Gasteiger partial charge is 0.293 e. The molecule has 0 aliphatic heterocycles. The Hall–Kier alpha value is -0.830. The highest BCUT2D eigenvalue weighted by Crippen LogP contribution is 2.13. The minimum atomic E-state index is -0.428. The van der Waals surface area contributed by atoms with E-state index >= 15 is 0 Å². The van der Waals surface area contributed by atoms with Gasteiger partial charge < -0.3 is 0 Å². The summed E-state index contributed by atoms with van der Waals surface area (Å²) in [6, 6.07) is 0. The van der Waals surface area contributed by atoms with E-state index in [0.29, 0.717) is 18.6 Å². The second-order valence-corrected chi connectivity index (χ2v) is 5.31. The largest absolute Gasteiger partial charge is 0.368 e. The van der Waals surface area contributed by atoms with Gasteiger partial charge in [-0.2, -0.15) is 4.89 Å². The zero-order valence-corrected chi connectivity index (χ0v) is 13.4. The molecule has 0 N–H and O–H groups in total. The maximum absolute atomic E-state index is 11.3. The van der Waals surface area contributed by atoms with E-state index in [4.69, 9.17) is 0 Å². The predicted octanol–water partition coefficient (Wildman–Crippen LogP) is 5.35. The zero-order chi connectivity index (χ0) is 15.1. The van der Waals surface area contributed by atoms with Crippen LogP contribution in [0.2, 0.25) is 0 Å². The molecule has 0 aromatic heterocycles. The fourth-order valence-corrected chi connectivity index (χ4v) is 2.10. The van der Waals surface area contributed by atoms with Gasteiger partial charge >= 0.3 is 5.97 Å². The van der Waals surface area contributed by atoms with Gasteiger partial charge in [0.05, 0.1) is 6.61 Å². The van der Waals surface area contributed by atoms with E-state index in [0.717, 1.165) is 12.8 Å². The van der Waals surface area contributed by atoms with Crippen molar-refractivity contribution in [3.8, 4) is 0 Å². The number of rotatable bonds is 14. The lowest BCUT2D eigenvalue weighted by molar-refractivity contribution is -0.265. The molecule has 118 valence electrons. The van der Waals surface area contributed by atoms with E-state index in [1.165, 1.54) is 51.4 Å². The van der Waals surface area contributed by atoms with Crippen molar-refractivity contribution in [2.75, 3.05) is 6.61 Å². The fraction of sp³-hybridized carbons (Fsp3) is 0.824. The molecule has 20 heavy (non-hydrogen) atoms. The summed E-state index contributed by atoms with van der Waals surface area (Å²) < 4.78 is 0. The van der Waals surface area contributed by atoms with Gasteiger partial charge in [-0.25, -0.2) is 4.79 Å². The van der Waals surface area contributed by atoms with E-state index in [1.54, 1.807) is 6.92 Å². The molecule has 0 amide bonds. The third-order valence-corrected chi connectivity index (χ3v) is 3.37. The minimum absolute atomic E-state index is 0.372. The number of hydrogen-bond acceptors (Lipinski definition) is 3. The summed E-state index contributed by atoms with van der Waals surface area (Å²) in [5.74, 6) is -0.428. The Bertz CT molecular complexity index is 249. The van der Waals surface area contributed by atoms with Gasteiger partial charge in [0.15, 0.2) is 0 Å². The van der Waals surface area contributed by atoms with Gasteiger partial charge in [0.25, 0.3) is 0 Å². The van der Waals surface area contributed by atoms with Crippen LogP contribution in [-0.2, 0) is 14.6 Å². The highest BCUT2D eigenvalue weighted by Gasteiger charge is 2.08. The molecule has 0 saturated heterocycles. The SMILES string of the molecule is C=C(CCCCCCCCCCCC)C(=O)OOCC. The molecular weight excluding hydrogens is 252 g/mol. The normalized spacial score (nSPS) is 10.5. The number of hydrogen-bond donors (Lipinski definition) is 0. The van der Waals surface area contributed by atoms with Crippen molar-refractivity contribution in [3.05, 3.63) is 12.2 Å². The standard InChI is InChI=1S/C17H32O3/c1-4-6-7-8-9-10-11-12-13-14-15-16(3)17(18)20-19-5-2/h3-15H2,1-2H3. The number of unbranched alkanes of at least 4 members (excludes halogenated alkanes) is 9. The maximum Gasteiger partial charge on any atom is 0.368 e. The molecule has 0 aromatic carbocycles. The van der Waals surface area contributed by atoms with E-state index in [2.05, 4.69) is 23.3 Å². The van der Waals surface area contributed by atoms with Crippen LogP contribution in [0.15, 0.2) is 12.2 Å². The number of carbonyl (C=O) groups excluding carboxylic acids is 1. The lowest BCUT2D eigenvalue weighted by atomic mass is 10.0. The van der Waals surface area contributed by atoms with Crippen LogP contribution < -0.4 is 0 Å². The van der Waals surface area contributed by atoms with Gasteiger partial charge in [0, 0.05) is 5.57 Å². The summed E-state index contributed by atoms with van der Waals surface area (Å²) in [4.78, 5) is 20.5. The van der Waals surface area contributed by atoms with E-state index in [9.17, 15) is 4.79 Å². The molecule has 0 radical (unpaired) electrons. The van der Waals surface area contributed by atoms with Gasteiger partial charge in [-0.3, -0.25) is 4.89 Å². The van der Waals surface area contributed by atoms with Crippen LogP contribution in [0.5, 0.6) is 0 Å². The van der Waals surface area contributed by atoms with Gasteiger partial charge in [0.2, 0.25) is 0 Å². The van der Waals surface area contributed by atoms with E-state index < -0.39 is 5.97 Å². The Morgan fingerprint density at radius 1 is 0.850 bits per heavy atom. The summed E-state index contributed by atoms with van der Waals surface area (Å²) in [7, 11) is 0. The lowest BCUT2D eigenvalue weighted by Crippen LogP contribution is -2.07. The Kier molecular flexibility index (Phi) is 14.0. The predicted molar refractivity (Wildman–Crippen MR) is 83.3 cm³/mol. The molecule has 0 unspecified atom stereocenters. The minimum Gasteiger partial charge on any atom is -0.293 e. The summed E-state index contributed by atoms with van der Waals surface area (Å²) in [5, 5.41) is 0. The molecule has 0 aliphatic rings. The third-order valence-electron chi connectivity index (χ3n) is 3.37. The van der Waals surface area contributed by atoms with Crippen LogP contribution in [0.25, 0.3) is 0 Å². The van der Waals surface area contributed by atoms with Crippen LogP contribution in [0.4, 0.5) is 0 Å². The van der Waals surface area contributed by atoms with Crippen LogP contribution >= 0.6 is 0 Å².